The SMILES string of the molecule is CCCNc1cc(N2CCNC(=O)C2)nc(C(C)C)n1. The molecule has 2 heterocycles. The molecular formula is C14H23N5O. The molecule has 2 N–H and O–H groups in total. The molecule has 6 heteroatoms. The van der Waals surface area contributed by atoms with Gasteiger partial charge in [0.2, 0.25) is 5.91 Å². The Labute approximate surface area is 120 Å². The van der Waals surface area contributed by atoms with Gasteiger partial charge in [-0.3, -0.25) is 4.79 Å². The fourth-order valence-corrected chi connectivity index (χ4v) is 2.05. The van der Waals surface area contributed by atoms with E-state index in [-0.39, 0.29) is 11.8 Å². The van der Waals surface area contributed by atoms with E-state index in [0.717, 1.165) is 37.0 Å². The number of carbonyl (C=O) groups excluding carboxylic acids is 1. The summed E-state index contributed by atoms with van der Waals surface area (Å²) in [5, 5.41) is 6.13. The molecule has 1 saturated heterocycles. The van der Waals surface area contributed by atoms with Crippen molar-refractivity contribution in [1.29, 1.82) is 0 Å². The number of hydrogen-bond donors (Lipinski definition) is 2. The van der Waals surface area contributed by atoms with Gasteiger partial charge in [0, 0.05) is 31.6 Å². The molecule has 1 aliphatic rings. The zero-order valence-corrected chi connectivity index (χ0v) is 12.4. The summed E-state index contributed by atoms with van der Waals surface area (Å²) in [4.78, 5) is 22.6. The van der Waals surface area contributed by atoms with Crippen molar-refractivity contribution in [3.8, 4) is 0 Å². The van der Waals surface area contributed by atoms with Crippen LogP contribution in [0.2, 0.25) is 0 Å². The predicted molar refractivity (Wildman–Crippen MR) is 80.1 cm³/mol. The Morgan fingerprint density at radius 1 is 1.45 bits per heavy atom. The van der Waals surface area contributed by atoms with Crippen molar-refractivity contribution in [2.45, 2.75) is 33.1 Å². The zero-order valence-electron chi connectivity index (χ0n) is 12.4. The van der Waals surface area contributed by atoms with Crippen molar-refractivity contribution >= 4 is 17.5 Å². The van der Waals surface area contributed by atoms with Crippen molar-refractivity contribution in [3.05, 3.63) is 11.9 Å². The minimum Gasteiger partial charge on any atom is -0.370 e. The molecule has 1 aliphatic heterocycles. The maximum Gasteiger partial charge on any atom is 0.239 e. The van der Waals surface area contributed by atoms with E-state index < -0.39 is 0 Å². The van der Waals surface area contributed by atoms with E-state index in [1.807, 2.05) is 11.0 Å². The number of rotatable bonds is 5. The Bertz CT molecular complexity index is 475. The lowest BCUT2D eigenvalue weighted by Crippen LogP contribution is -2.48. The number of carbonyl (C=O) groups is 1. The molecule has 0 radical (unpaired) electrons. The minimum absolute atomic E-state index is 0.0454. The van der Waals surface area contributed by atoms with Gasteiger partial charge in [0.05, 0.1) is 6.54 Å². The van der Waals surface area contributed by atoms with Gasteiger partial charge >= 0.3 is 0 Å². The molecule has 6 nitrogen and oxygen atoms in total. The van der Waals surface area contributed by atoms with Gasteiger partial charge in [0.1, 0.15) is 17.5 Å². The van der Waals surface area contributed by atoms with Crippen LogP contribution in [0.3, 0.4) is 0 Å². The van der Waals surface area contributed by atoms with Crippen molar-refractivity contribution in [3.63, 3.8) is 0 Å². The van der Waals surface area contributed by atoms with E-state index in [0.29, 0.717) is 13.1 Å². The second-order valence-corrected chi connectivity index (χ2v) is 5.32. The van der Waals surface area contributed by atoms with Crippen LogP contribution >= 0.6 is 0 Å². The van der Waals surface area contributed by atoms with Gasteiger partial charge in [-0.2, -0.15) is 0 Å². The number of nitrogens with one attached hydrogen (secondary N) is 2. The van der Waals surface area contributed by atoms with E-state index >= 15 is 0 Å². The van der Waals surface area contributed by atoms with Crippen LogP contribution in [-0.2, 0) is 4.79 Å². The third-order valence-electron chi connectivity index (χ3n) is 3.16. The van der Waals surface area contributed by atoms with Crippen molar-refractivity contribution < 1.29 is 4.79 Å². The first-order valence-corrected chi connectivity index (χ1v) is 7.24. The molecule has 1 aromatic rings. The van der Waals surface area contributed by atoms with E-state index in [1.165, 1.54) is 0 Å². The van der Waals surface area contributed by atoms with Gasteiger partial charge < -0.3 is 15.5 Å². The molecule has 0 bridgehead atoms. The first kappa shape index (κ1) is 14.6. The third kappa shape index (κ3) is 3.59. The summed E-state index contributed by atoms with van der Waals surface area (Å²) in [6.45, 7) is 8.96. The molecule has 20 heavy (non-hydrogen) atoms. The van der Waals surface area contributed by atoms with Gasteiger partial charge in [-0.15, -0.1) is 0 Å². The largest absolute Gasteiger partial charge is 0.370 e. The molecule has 0 unspecified atom stereocenters. The summed E-state index contributed by atoms with van der Waals surface area (Å²) in [5.74, 6) is 2.79. The lowest BCUT2D eigenvalue weighted by Gasteiger charge is -2.28. The second-order valence-electron chi connectivity index (χ2n) is 5.32. The first-order chi connectivity index (χ1) is 9.60. The van der Waals surface area contributed by atoms with Gasteiger partial charge in [-0.05, 0) is 6.42 Å². The van der Waals surface area contributed by atoms with Crippen LogP contribution in [0.4, 0.5) is 11.6 Å². The Hall–Kier alpha value is -1.85. The van der Waals surface area contributed by atoms with E-state index in [9.17, 15) is 4.79 Å². The van der Waals surface area contributed by atoms with Crippen LogP contribution in [0.5, 0.6) is 0 Å². The lowest BCUT2D eigenvalue weighted by molar-refractivity contribution is -0.120. The Kier molecular flexibility index (Phi) is 4.76. The smallest absolute Gasteiger partial charge is 0.239 e. The monoisotopic (exact) mass is 277 g/mol. The topological polar surface area (TPSA) is 70.2 Å². The summed E-state index contributed by atoms with van der Waals surface area (Å²) in [5.41, 5.74) is 0. The zero-order chi connectivity index (χ0) is 14.5. The number of amides is 1. The standard InChI is InChI=1S/C14H23N5O/c1-4-5-15-11-8-12(18-14(17-11)10(2)3)19-7-6-16-13(20)9-19/h8,10H,4-7,9H2,1-3H3,(H,16,20)(H,15,17,18). The normalized spacial score (nSPS) is 15.4. The summed E-state index contributed by atoms with van der Waals surface area (Å²) in [6, 6.07) is 1.93. The predicted octanol–water partition coefficient (Wildman–Crippen LogP) is 1.36. The molecule has 0 saturated carbocycles. The van der Waals surface area contributed by atoms with E-state index in [2.05, 4.69) is 41.4 Å². The fourth-order valence-electron chi connectivity index (χ4n) is 2.05. The fraction of sp³-hybridized carbons (Fsp3) is 0.643. The summed E-state index contributed by atoms with van der Waals surface area (Å²) < 4.78 is 0. The highest BCUT2D eigenvalue weighted by Crippen LogP contribution is 2.20. The van der Waals surface area contributed by atoms with Crippen molar-refractivity contribution in [2.75, 3.05) is 36.4 Å². The van der Waals surface area contributed by atoms with Crippen LogP contribution in [-0.4, -0.2) is 42.1 Å². The maximum absolute atomic E-state index is 11.5. The van der Waals surface area contributed by atoms with Crippen LogP contribution in [0.1, 0.15) is 38.9 Å². The second kappa shape index (κ2) is 6.54. The molecule has 2 rings (SSSR count). The first-order valence-electron chi connectivity index (χ1n) is 7.24. The van der Waals surface area contributed by atoms with Crippen molar-refractivity contribution in [1.82, 2.24) is 15.3 Å². The van der Waals surface area contributed by atoms with Crippen LogP contribution in [0.25, 0.3) is 0 Å². The number of anilines is 2. The average Bonchev–Trinajstić information content (AvgIpc) is 2.44. The van der Waals surface area contributed by atoms with Gasteiger partial charge in [-0.25, -0.2) is 9.97 Å². The van der Waals surface area contributed by atoms with E-state index in [4.69, 9.17) is 0 Å². The van der Waals surface area contributed by atoms with Crippen molar-refractivity contribution in [2.24, 2.45) is 0 Å². The van der Waals surface area contributed by atoms with E-state index in [1.54, 1.807) is 0 Å². The molecule has 0 aliphatic carbocycles. The maximum atomic E-state index is 11.5. The highest BCUT2D eigenvalue weighted by atomic mass is 16.2. The number of piperazine rings is 1. The third-order valence-corrected chi connectivity index (χ3v) is 3.16. The minimum atomic E-state index is 0.0454. The average molecular weight is 277 g/mol. The number of nitrogens with zero attached hydrogens (tertiary/aromatic N) is 3. The van der Waals surface area contributed by atoms with Gasteiger partial charge in [0.25, 0.3) is 0 Å². The molecule has 1 fully saturated rings. The highest BCUT2D eigenvalue weighted by molar-refractivity contribution is 5.82. The number of aromatic nitrogens is 2. The molecule has 1 amide bonds. The molecular weight excluding hydrogens is 254 g/mol. The molecule has 0 spiro atoms. The Morgan fingerprint density at radius 3 is 2.90 bits per heavy atom. The van der Waals surface area contributed by atoms with Crippen LogP contribution < -0.4 is 15.5 Å². The Balaban J connectivity index is 2.25. The van der Waals surface area contributed by atoms with Crippen LogP contribution in [0, 0.1) is 0 Å². The lowest BCUT2D eigenvalue weighted by atomic mass is 10.2. The summed E-state index contributed by atoms with van der Waals surface area (Å²) >= 11 is 0. The summed E-state index contributed by atoms with van der Waals surface area (Å²) in [7, 11) is 0. The number of hydrogen-bond acceptors (Lipinski definition) is 5. The molecule has 0 atom stereocenters. The highest BCUT2D eigenvalue weighted by Gasteiger charge is 2.19. The Morgan fingerprint density at radius 2 is 2.25 bits per heavy atom. The molecule has 1 aromatic heterocycles. The van der Waals surface area contributed by atoms with Gasteiger partial charge in [0.15, 0.2) is 0 Å². The van der Waals surface area contributed by atoms with Gasteiger partial charge in [-0.1, -0.05) is 20.8 Å². The molecule has 110 valence electrons. The molecule has 0 aromatic carbocycles. The summed E-state index contributed by atoms with van der Waals surface area (Å²) in [6.07, 6.45) is 1.04. The van der Waals surface area contributed by atoms with Crippen LogP contribution in [0.15, 0.2) is 6.07 Å². The quantitative estimate of drug-likeness (QED) is 0.850.